The van der Waals surface area contributed by atoms with Crippen LogP contribution in [0, 0.1) is 0 Å². The quantitative estimate of drug-likeness (QED) is 0.493. The first-order valence-corrected chi connectivity index (χ1v) is 11.0. The Morgan fingerprint density at radius 3 is 2.48 bits per heavy atom. The molecule has 1 amide bonds. The number of nitrogens with zero attached hydrogens (tertiary/aromatic N) is 4. The van der Waals surface area contributed by atoms with Crippen molar-refractivity contribution in [3.8, 4) is 0 Å². The smallest absolute Gasteiger partial charge is 0.369 e. The van der Waals surface area contributed by atoms with Gasteiger partial charge in [0.2, 0.25) is 10.0 Å². The van der Waals surface area contributed by atoms with Crippen LogP contribution in [0.4, 0.5) is 23.7 Å². The van der Waals surface area contributed by atoms with Crippen molar-refractivity contribution in [2.75, 3.05) is 30.2 Å². The van der Waals surface area contributed by atoms with Crippen molar-refractivity contribution < 1.29 is 35.9 Å². The Morgan fingerprint density at radius 1 is 1.32 bits per heavy atom. The van der Waals surface area contributed by atoms with Crippen LogP contribution in [0.1, 0.15) is 26.7 Å². The number of aromatic nitrogens is 2. The molecule has 1 saturated heterocycles. The summed E-state index contributed by atoms with van der Waals surface area (Å²) in [6.07, 6.45) is -2.70. The number of hydrogen-bond acceptors (Lipinski definition) is 7. The largest absolute Gasteiger partial charge is 0.491 e. The minimum atomic E-state index is -5.35. The molecular formula is C17H26F3N5O5S. The van der Waals surface area contributed by atoms with Crippen molar-refractivity contribution in [1.29, 1.82) is 0 Å². The third-order valence-electron chi connectivity index (χ3n) is 4.58. The van der Waals surface area contributed by atoms with Crippen LogP contribution in [0.2, 0.25) is 0 Å². The van der Waals surface area contributed by atoms with E-state index in [2.05, 4.69) is 9.84 Å². The van der Waals surface area contributed by atoms with E-state index in [0.29, 0.717) is 18.7 Å². The summed E-state index contributed by atoms with van der Waals surface area (Å²) in [6.45, 7) is 3.91. The van der Waals surface area contributed by atoms with Gasteiger partial charge < -0.3 is 15.0 Å². The fraction of sp³-hybridized carbons (Fsp3) is 0.706. The number of aryl methyl sites for hydroxylation is 1. The molecule has 0 aromatic carbocycles. The number of piperidine rings is 1. The lowest BCUT2D eigenvalue weighted by molar-refractivity contribution is -0.193. The van der Waals surface area contributed by atoms with Gasteiger partial charge >= 0.3 is 18.2 Å². The van der Waals surface area contributed by atoms with E-state index in [0.717, 1.165) is 13.0 Å². The van der Waals surface area contributed by atoms with Crippen LogP contribution < -0.4 is 9.62 Å². The molecule has 10 nitrogen and oxygen atoms in total. The Kier molecular flexibility index (Phi) is 7.25. The number of anilines is 1. The van der Waals surface area contributed by atoms with Gasteiger partial charge in [-0.25, -0.2) is 18.0 Å². The molecule has 176 valence electrons. The normalized spacial score (nSPS) is 18.5. The number of rotatable bonds is 6. The predicted molar refractivity (Wildman–Crippen MR) is 105 cm³/mol. The molecule has 1 aliphatic rings. The SMILES string of the molecule is CN1CCCC(N(c2cnn(C)c2)S(=O)(=O)CC(C)(C)NC(=O)OC(=O)C(F)(F)F)C1. The number of alkyl halides is 3. The fourth-order valence-electron chi connectivity index (χ4n) is 3.46. The highest BCUT2D eigenvalue weighted by Gasteiger charge is 2.44. The molecule has 0 radical (unpaired) electrons. The molecule has 0 bridgehead atoms. The third-order valence-corrected chi connectivity index (χ3v) is 6.77. The molecular weight excluding hydrogens is 443 g/mol. The van der Waals surface area contributed by atoms with Crippen LogP contribution in [-0.2, 0) is 26.6 Å². The summed E-state index contributed by atoms with van der Waals surface area (Å²) >= 11 is 0. The fourth-order valence-corrected chi connectivity index (χ4v) is 5.62. The van der Waals surface area contributed by atoms with Crippen molar-refractivity contribution in [2.24, 2.45) is 7.05 Å². The first-order valence-electron chi connectivity index (χ1n) is 9.41. The van der Waals surface area contributed by atoms with Gasteiger partial charge in [-0.05, 0) is 40.3 Å². The van der Waals surface area contributed by atoms with Gasteiger partial charge in [0, 0.05) is 19.8 Å². The van der Waals surface area contributed by atoms with E-state index in [1.807, 2.05) is 17.3 Å². The van der Waals surface area contributed by atoms with Crippen molar-refractivity contribution in [1.82, 2.24) is 20.0 Å². The Balaban J connectivity index is 2.22. The summed E-state index contributed by atoms with van der Waals surface area (Å²) in [4.78, 5) is 24.5. The lowest BCUT2D eigenvalue weighted by Gasteiger charge is -2.39. The van der Waals surface area contributed by atoms with Gasteiger partial charge in [-0.3, -0.25) is 8.99 Å². The number of carbonyl (C=O) groups excluding carboxylic acids is 2. The highest BCUT2D eigenvalue weighted by molar-refractivity contribution is 7.92. The summed E-state index contributed by atoms with van der Waals surface area (Å²) in [5.74, 6) is -3.34. The van der Waals surface area contributed by atoms with Gasteiger partial charge in [-0.2, -0.15) is 18.3 Å². The molecule has 1 aromatic rings. The molecule has 1 fully saturated rings. The lowest BCUT2D eigenvalue weighted by atomic mass is 10.1. The van der Waals surface area contributed by atoms with Gasteiger partial charge in [0.1, 0.15) is 0 Å². The van der Waals surface area contributed by atoms with Crippen molar-refractivity contribution in [3.05, 3.63) is 12.4 Å². The van der Waals surface area contributed by atoms with E-state index >= 15 is 0 Å². The van der Waals surface area contributed by atoms with E-state index in [1.165, 1.54) is 29.0 Å². The third kappa shape index (κ3) is 6.82. The zero-order valence-corrected chi connectivity index (χ0v) is 18.5. The highest BCUT2D eigenvalue weighted by Crippen LogP contribution is 2.27. The van der Waals surface area contributed by atoms with Gasteiger partial charge in [-0.15, -0.1) is 0 Å². The topological polar surface area (TPSA) is 114 Å². The number of carbonyl (C=O) groups is 2. The van der Waals surface area contributed by atoms with E-state index in [4.69, 9.17) is 0 Å². The van der Waals surface area contributed by atoms with E-state index in [1.54, 1.807) is 13.2 Å². The Bertz CT molecular complexity index is 916. The Hall–Kier alpha value is -2.35. The number of alkyl carbamates (subject to hydrolysis) is 1. The number of ether oxygens (including phenoxy) is 1. The molecule has 0 spiro atoms. The predicted octanol–water partition coefficient (Wildman–Crippen LogP) is 1.24. The molecule has 1 unspecified atom stereocenters. The molecule has 0 saturated carbocycles. The van der Waals surface area contributed by atoms with Crippen LogP contribution in [0.3, 0.4) is 0 Å². The first-order chi connectivity index (χ1) is 14.1. The Labute approximate surface area is 178 Å². The number of halogens is 3. The molecule has 1 N–H and O–H groups in total. The first kappa shape index (κ1) is 24.9. The van der Waals surface area contributed by atoms with Gasteiger partial charge in [0.25, 0.3) is 0 Å². The zero-order valence-electron chi connectivity index (χ0n) is 17.6. The van der Waals surface area contributed by atoms with Crippen molar-refractivity contribution in [3.63, 3.8) is 0 Å². The molecule has 0 aliphatic carbocycles. The Morgan fingerprint density at radius 2 is 1.97 bits per heavy atom. The maximum atomic E-state index is 13.4. The molecule has 1 atom stereocenters. The number of nitrogens with one attached hydrogen (secondary N) is 1. The molecule has 1 aromatic heterocycles. The summed E-state index contributed by atoms with van der Waals surface area (Å²) in [5.41, 5.74) is -1.20. The summed E-state index contributed by atoms with van der Waals surface area (Å²) in [5, 5.41) is 6.05. The second-order valence-corrected chi connectivity index (χ2v) is 10.0. The van der Waals surface area contributed by atoms with Crippen LogP contribution in [0.25, 0.3) is 0 Å². The minimum absolute atomic E-state index is 0.341. The van der Waals surface area contributed by atoms with Crippen LogP contribution in [0.15, 0.2) is 12.4 Å². The molecule has 2 rings (SSSR count). The van der Waals surface area contributed by atoms with Crippen LogP contribution in [0.5, 0.6) is 0 Å². The average Bonchev–Trinajstić information content (AvgIpc) is 2.97. The van der Waals surface area contributed by atoms with E-state index in [-0.39, 0.29) is 6.04 Å². The average molecular weight is 469 g/mol. The monoisotopic (exact) mass is 469 g/mol. The van der Waals surface area contributed by atoms with Gasteiger partial charge in [0.05, 0.1) is 29.2 Å². The van der Waals surface area contributed by atoms with Crippen LogP contribution in [-0.4, -0.2) is 78.8 Å². The van der Waals surface area contributed by atoms with Crippen LogP contribution >= 0.6 is 0 Å². The number of sulfonamides is 1. The van der Waals surface area contributed by atoms with Crippen molar-refractivity contribution in [2.45, 2.75) is 44.4 Å². The van der Waals surface area contributed by atoms with Gasteiger partial charge in [-0.1, -0.05) is 0 Å². The summed E-state index contributed by atoms with van der Waals surface area (Å²) in [7, 11) is -0.556. The number of likely N-dealkylation sites (tertiary alicyclic amines) is 1. The maximum Gasteiger partial charge on any atom is 0.491 e. The number of esters is 1. The van der Waals surface area contributed by atoms with Crippen molar-refractivity contribution >= 4 is 27.8 Å². The number of amides is 1. The van der Waals surface area contributed by atoms with Gasteiger partial charge in [0.15, 0.2) is 0 Å². The van der Waals surface area contributed by atoms with E-state index in [9.17, 15) is 31.2 Å². The lowest BCUT2D eigenvalue weighted by Crippen LogP contribution is -2.55. The summed E-state index contributed by atoms with van der Waals surface area (Å²) < 4.78 is 69.9. The van der Waals surface area contributed by atoms with E-state index < -0.39 is 39.6 Å². The summed E-state index contributed by atoms with van der Waals surface area (Å²) in [6, 6.07) is -0.387. The highest BCUT2D eigenvalue weighted by atomic mass is 32.2. The molecule has 2 heterocycles. The number of hydrogen-bond donors (Lipinski definition) is 1. The maximum absolute atomic E-state index is 13.4. The minimum Gasteiger partial charge on any atom is -0.369 e. The molecule has 1 aliphatic heterocycles. The zero-order chi connectivity index (χ0) is 23.6. The standard InChI is InChI=1S/C17H26F3N5O5S/c1-16(2,22-15(27)30-14(26)17(18,19)20)11-31(28,29)25(13-8-21-24(4)10-13)12-6-5-7-23(3)9-12/h8,10,12H,5-7,9,11H2,1-4H3,(H,22,27). The number of likely N-dealkylation sites (N-methyl/N-ethyl adjacent to an activating group) is 1. The second kappa shape index (κ2) is 9.02. The molecule has 31 heavy (non-hydrogen) atoms. The second-order valence-electron chi connectivity index (χ2n) is 8.17. The molecule has 14 heteroatoms.